The number of nitrogens with zero attached hydrogens (tertiary/aromatic N) is 2. The van der Waals surface area contributed by atoms with Gasteiger partial charge in [0, 0.05) is 32.3 Å². The molecule has 0 aromatic heterocycles. The number of hydrogen-bond donors (Lipinski definition) is 0. The number of thioether (sulfide) groups is 1. The summed E-state index contributed by atoms with van der Waals surface area (Å²) in [6.45, 7) is 5.87. The van der Waals surface area contributed by atoms with Gasteiger partial charge in [-0.15, -0.1) is 0 Å². The van der Waals surface area contributed by atoms with Gasteiger partial charge in [-0.1, -0.05) is 69.9 Å². The molecule has 0 aliphatic carbocycles. The van der Waals surface area contributed by atoms with E-state index in [0.29, 0.717) is 19.4 Å². The first-order valence-corrected chi connectivity index (χ1v) is 13.3. The van der Waals surface area contributed by atoms with Crippen molar-refractivity contribution < 1.29 is 14.3 Å². The summed E-state index contributed by atoms with van der Waals surface area (Å²) in [5.41, 5.74) is 0. The third-order valence-electron chi connectivity index (χ3n) is 5.16. The van der Waals surface area contributed by atoms with Crippen molar-refractivity contribution in [3.63, 3.8) is 0 Å². The zero-order chi connectivity index (χ0) is 23.3. The molecule has 0 heterocycles. The summed E-state index contributed by atoms with van der Waals surface area (Å²) >= 11 is 1.33. The average Bonchev–Trinajstić information content (AvgIpc) is 2.72. The molecule has 0 fully saturated rings. The maximum Gasteiger partial charge on any atom is 0.306 e. The second kappa shape index (κ2) is 20.9. The minimum Gasteiger partial charge on any atom is -0.462 e. The number of unbranched alkanes of at least 4 members (excludes halogenated alkanes) is 5. The van der Waals surface area contributed by atoms with Crippen LogP contribution in [0.3, 0.4) is 0 Å². The van der Waals surface area contributed by atoms with Gasteiger partial charge in [-0.2, -0.15) is 0 Å². The first-order valence-electron chi connectivity index (χ1n) is 12.3. The van der Waals surface area contributed by atoms with Crippen molar-refractivity contribution in [2.24, 2.45) is 0 Å². The van der Waals surface area contributed by atoms with E-state index in [4.69, 9.17) is 4.74 Å². The van der Waals surface area contributed by atoms with Crippen molar-refractivity contribution in [3.8, 4) is 0 Å². The Morgan fingerprint density at radius 1 is 0.871 bits per heavy atom. The van der Waals surface area contributed by atoms with Crippen molar-refractivity contribution in [1.82, 2.24) is 9.80 Å². The largest absolute Gasteiger partial charge is 0.462 e. The van der Waals surface area contributed by atoms with E-state index in [9.17, 15) is 9.59 Å². The lowest BCUT2D eigenvalue weighted by atomic mass is 10.0. The molecule has 1 atom stereocenters. The minimum atomic E-state index is -0.128. The minimum absolute atomic E-state index is 0.0151. The Balaban J connectivity index is 4.25. The zero-order valence-corrected chi connectivity index (χ0v) is 21.7. The highest BCUT2D eigenvalue weighted by atomic mass is 32.2. The molecule has 6 heteroatoms. The Labute approximate surface area is 196 Å². The monoisotopic (exact) mass is 456 g/mol. The van der Waals surface area contributed by atoms with Crippen molar-refractivity contribution in [2.45, 2.75) is 97.0 Å². The number of carbonyl (C=O) groups is 2. The van der Waals surface area contributed by atoms with Crippen LogP contribution >= 0.6 is 11.8 Å². The number of amides is 1. The fraction of sp³-hybridized carbons (Fsp3) is 0.840. The molecule has 0 spiro atoms. The van der Waals surface area contributed by atoms with Gasteiger partial charge < -0.3 is 14.5 Å². The summed E-state index contributed by atoms with van der Waals surface area (Å²) < 4.78 is 5.81. The number of rotatable bonds is 19. The van der Waals surface area contributed by atoms with Crippen molar-refractivity contribution in [3.05, 3.63) is 12.2 Å². The van der Waals surface area contributed by atoms with Gasteiger partial charge >= 0.3 is 5.97 Å². The Bertz CT molecular complexity index is 483. The normalized spacial score (nSPS) is 12.5. The fourth-order valence-corrected chi connectivity index (χ4v) is 4.09. The molecule has 182 valence electrons. The number of ether oxygens (including phenoxy) is 1. The van der Waals surface area contributed by atoms with E-state index in [1.54, 1.807) is 11.9 Å². The summed E-state index contributed by atoms with van der Waals surface area (Å²) in [7, 11) is 5.80. The van der Waals surface area contributed by atoms with E-state index >= 15 is 0 Å². The molecule has 0 aliphatic heterocycles. The summed E-state index contributed by atoms with van der Waals surface area (Å²) in [5, 5.41) is 0.0686. The summed E-state index contributed by atoms with van der Waals surface area (Å²) in [6.07, 6.45) is 16.7. The zero-order valence-electron chi connectivity index (χ0n) is 20.9. The van der Waals surface area contributed by atoms with E-state index in [0.717, 1.165) is 50.8 Å². The third kappa shape index (κ3) is 19.4. The van der Waals surface area contributed by atoms with E-state index < -0.39 is 0 Å². The van der Waals surface area contributed by atoms with Crippen LogP contribution in [0.1, 0.15) is 90.9 Å². The Kier molecular flexibility index (Phi) is 20.2. The first kappa shape index (κ1) is 30.0. The maximum atomic E-state index is 12.4. The van der Waals surface area contributed by atoms with Gasteiger partial charge in [-0.3, -0.25) is 9.59 Å². The van der Waals surface area contributed by atoms with Gasteiger partial charge in [-0.05, 0) is 52.6 Å². The quantitative estimate of drug-likeness (QED) is 0.126. The van der Waals surface area contributed by atoms with Gasteiger partial charge in [0.05, 0.1) is 0 Å². The van der Waals surface area contributed by atoms with E-state index in [1.165, 1.54) is 37.4 Å². The van der Waals surface area contributed by atoms with Crippen LogP contribution in [-0.2, 0) is 9.53 Å². The molecular formula is C25H48N2O3S. The lowest BCUT2D eigenvalue weighted by molar-refractivity contribution is -0.149. The van der Waals surface area contributed by atoms with Crippen LogP contribution in [0.25, 0.3) is 0 Å². The van der Waals surface area contributed by atoms with Gasteiger partial charge in [0.25, 0.3) is 5.24 Å². The molecule has 31 heavy (non-hydrogen) atoms. The molecule has 1 amide bonds. The second-order valence-electron chi connectivity index (χ2n) is 8.59. The highest BCUT2D eigenvalue weighted by Crippen LogP contribution is 2.16. The molecule has 0 aliphatic rings. The van der Waals surface area contributed by atoms with Crippen molar-refractivity contribution >= 4 is 23.0 Å². The van der Waals surface area contributed by atoms with Gasteiger partial charge in [0.1, 0.15) is 6.10 Å². The topological polar surface area (TPSA) is 49.9 Å². The standard InChI is InChI=1S/C25H48N2O3S/c1-6-8-10-12-14-17-23(18-15-13-11-9-7-2)30-24(28)19-16-20-27(5)25(29)31-22-21-26(3)4/h10,12,23H,6-9,11,13-22H2,1-5H3/b12-10+. The average molecular weight is 457 g/mol. The second-order valence-corrected chi connectivity index (χ2v) is 9.64. The molecule has 0 aromatic carbocycles. The molecule has 0 bridgehead atoms. The third-order valence-corrected chi connectivity index (χ3v) is 6.10. The van der Waals surface area contributed by atoms with Gasteiger partial charge in [0.15, 0.2) is 0 Å². The number of esters is 1. The van der Waals surface area contributed by atoms with Crippen LogP contribution in [0.5, 0.6) is 0 Å². The van der Waals surface area contributed by atoms with Crippen molar-refractivity contribution in [2.75, 3.05) is 40.0 Å². The van der Waals surface area contributed by atoms with Crippen LogP contribution in [-0.4, -0.2) is 67.1 Å². The van der Waals surface area contributed by atoms with E-state index in [2.05, 4.69) is 30.9 Å². The van der Waals surface area contributed by atoms with Crippen LogP contribution in [0.15, 0.2) is 12.2 Å². The lowest BCUT2D eigenvalue weighted by Gasteiger charge is -2.19. The van der Waals surface area contributed by atoms with Crippen LogP contribution < -0.4 is 0 Å². The van der Waals surface area contributed by atoms with Gasteiger partial charge in [-0.25, -0.2) is 0 Å². The van der Waals surface area contributed by atoms with Crippen LogP contribution in [0, 0.1) is 0 Å². The lowest BCUT2D eigenvalue weighted by Crippen LogP contribution is -2.26. The van der Waals surface area contributed by atoms with Crippen molar-refractivity contribution in [1.29, 1.82) is 0 Å². The number of hydrogen-bond acceptors (Lipinski definition) is 5. The molecule has 0 radical (unpaired) electrons. The maximum absolute atomic E-state index is 12.4. The molecular weight excluding hydrogens is 408 g/mol. The number of allylic oxidation sites excluding steroid dienone is 2. The summed E-state index contributed by atoms with van der Waals surface area (Å²) in [6, 6.07) is 0. The molecule has 5 nitrogen and oxygen atoms in total. The smallest absolute Gasteiger partial charge is 0.306 e. The Morgan fingerprint density at radius 2 is 1.58 bits per heavy atom. The predicted molar refractivity (Wildman–Crippen MR) is 135 cm³/mol. The molecule has 1 unspecified atom stereocenters. The van der Waals surface area contributed by atoms with Crippen LogP contribution in [0.4, 0.5) is 4.79 Å². The first-order chi connectivity index (χ1) is 14.9. The highest BCUT2D eigenvalue weighted by molar-refractivity contribution is 8.13. The molecule has 0 saturated carbocycles. The Hall–Kier alpha value is -1.01. The van der Waals surface area contributed by atoms with E-state index in [-0.39, 0.29) is 17.3 Å². The van der Waals surface area contributed by atoms with Crippen LogP contribution in [0.2, 0.25) is 0 Å². The molecule has 0 N–H and O–H groups in total. The SMILES string of the molecule is CCC/C=C/CCC(CCCCCCC)OC(=O)CCCN(C)C(=O)SCCN(C)C. The number of carbonyl (C=O) groups excluding carboxylic acids is 2. The highest BCUT2D eigenvalue weighted by Gasteiger charge is 2.15. The molecule has 0 aromatic rings. The summed E-state index contributed by atoms with van der Waals surface area (Å²) in [4.78, 5) is 28.3. The molecule has 0 saturated heterocycles. The predicted octanol–water partition coefficient (Wildman–Crippen LogP) is 6.52. The Morgan fingerprint density at radius 3 is 2.26 bits per heavy atom. The fourth-order valence-electron chi connectivity index (χ4n) is 3.14. The van der Waals surface area contributed by atoms with E-state index in [1.807, 2.05) is 14.1 Å². The molecule has 0 rings (SSSR count). The van der Waals surface area contributed by atoms with Gasteiger partial charge in [0.2, 0.25) is 0 Å². The summed E-state index contributed by atoms with van der Waals surface area (Å²) in [5.74, 6) is 0.655.